The highest BCUT2D eigenvalue weighted by Gasteiger charge is 2.30. The number of aliphatic hydroxyl groups is 1. The normalized spacial score (nSPS) is 19.1. The molecular weight excluding hydrogens is 394 g/mol. The van der Waals surface area contributed by atoms with Crippen LogP contribution in [0.1, 0.15) is 56.5 Å². The van der Waals surface area contributed by atoms with Crippen molar-refractivity contribution in [1.29, 1.82) is 0 Å². The van der Waals surface area contributed by atoms with Crippen LogP contribution in [0.4, 0.5) is 0 Å². The van der Waals surface area contributed by atoms with E-state index in [-0.39, 0.29) is 30.5 Å². The van der Waals surface area contributed by atoms with E-state index in [1.165, 1.54) is 7.11 Å². The fraction of sp³-hybridized carbons (Fsp3) is 0.520. The number of aliphatic hydroxyl groups excluding tert-OH is 1. The number of aryl methyl sites for hydroxylation is 2. The third-order valence-electron chi connectivity index (χ3n) is 5.84. The molecule has 1 saturated carbocycles. The topological polar surface area (TPSA) is 81.8 Å². The van der Waals surface area contributed by atoms with Crippen molar-refractivity contribution in [2.45, 2.75) is 59.5 Å². The molecule has 6 heteroatoms. The second kappa shape index (κ2) is 10.1. The first-order chi connectivity index (χ1) is 14.8. The summed E-state index contributed by atoms with van der Waals surface area (Å²) in [5.74, 6) is 1.63. The average Bonchev–Trinajstić information content (AvgIpc) is 3.33. The van der Waals surface area contributed by atoms with Crippen LogP contribution < -0.4 is 4.74 Å². The molecule has 1 N–H and O–H groups in total. The first-order valence-electron chi connectivity index (χ1n) is 11.0. The van der Waals surface area contributed by atoms with Gasteiger partial charge in [-0.3, -0.25) is 4.79 Å². The van der Waals surface area contributed by atoms with Crippen LogP contribution in [-0.2, 0) is 9.53 Å². The fourth-order valence-electron chi connectivity index (χ4n) is 4.45. The van der Waals surface area contributed by atoms with E-state index >= 15 is 0 Å². The van der Waals surface area contributed by atoms with Gasteiger partial charge in [0.1, 0.15) is 11.5 Å². The maximum absolute atomic E-state index is 11.9. The van der Waals surface area contributed by atoms with Gasteiger partial charge in [0.15, 0.2) is 0 Å². The molecule has 1 aliphatic carbocycles. The van der Waals surface area contributed by atoms with Gasteiger partial charge in [0.2, 0.25) is 0 Å². The van der Waals surface area contributed by atoms with Crippen molar-refractivity contribution in [3.8, 4) is 16.9 Å². The van der Waals surface area contributed by atoms with Crippen LogP contribution in [0.5, 0.6) is 5.75 Å². The van der Waals surface area contributed by atoms with Gasteiger partial charge in [-0.15, -0.1) is 0 Å². The number of ether oxygens (including phenoxy) is 2. The van der Waals surface area contributed by atoms with Crippen molar-refractivity contribution in [3.05, 3.63) is 41.3 Å². The highest BCUT2D eigenvalue weighted by molar-refractivity contribution is 5.78. The van der Waals surface area contributed by atoms with Crippen molar-refractivity contribution < 1.29 is 23.9 Å². The Bertz CT molecular complexity index is 924. The first-order valence-corrected chi connectivity index (χ1v) is 11.0. The summed E-state index contributed by atoms with van der Waals surface area (Å²) in [6.45, 7) is 7.87. The van der Waals surface area contributed by atoms with Crippen LogP contribution in [-0.4, -0.2) is 36.1 Å². The number of methoxy groups -OCH3 is 1. The number of rotatable bonds is 8. The van der Waals surface area contributed by atoms with Gasteiger partial charge in [-0.05, 0) is 82.6 Å². The number of hydrogen-bond donors (Lipinski definition) is 1. The van der Waals surface area contributed by atoms with Gasteiger partial charge in [0.25, 0.3) is 0 Å². The van der Waals surface area contributed by atoms with E-state index in [0.29, 0.717) is 6.42 Å². The summed E-state index contributed by atoms with van der Waals surface area (Å²) in [5, 5.41) is 13.9. The SMILES string of the molecule is COC(=O)[C@H]1CC[C@@H](/C=C(\CCO)c2cc(-c3c(C)noc3C)ccc2OC(C)C)C1. The summed E-state index contributed by atoms with van der Waals surface area (Å²) >= 11 is 0. The Balaban J connectivity index is 2.02. The molecule has 6 nitrogen and oxygen atoms in total. The number of allylic oxidation sites excluding steroid dienone is 1. The Morgan fingerprint density at radius 2 is 2.10 bits per heavy atom. The lowest BCUT2D eigenvalue weighted by Crippen LogP contribution is -2.12. The summed E-state index contributed by atoms with van der Waals surface area (Å²) in [4.78, 5) is 11.9. The van der Waals surface area contributed by atoms with Gasteiger partial charge < -0.3 is 19.1 Å². The summed E-state index contributed by atoms with van der Waals surface area (Å²) in [6.07, 6.45) is 5.27. The van der Waals surface area contributed by atoms with E-state index in [0.717, 1.165) is 58.7 Å². The molecular formula is C25H33NO5. The van der Waals surface area contributed by atoms with E-state index in [4.69, 9.17) is 14.0 Å². The minimum atomic E-state index is -0.135. The predicted molar refractivity (Wildman–Crippen MR) is 120 cm³/mol. The van der Waals surface area contributed by atoms with Crippen LogP contribution in [0.2, 0.25) is 0 Å². The number of esters is 1. The van der Waals surface area contributed by atoms with Crippen LogP contribution in [0.15, 0.2) is 28.8 Å². The van der Waals surface area contributed by atoms with Crippen LogP contribution in [0.25, 0.3) is 16.7 Å². The molecule has 1 heterocycles. The lowest BCUT2D eigenvalue weighted by Gasteiger charge is -2.19. The Morgan fingerprint density at radius 1 is 1.32 bits per heavy atom. The fourth-order valence-corrected chi connectivity index (χ4v) is 4.45. The predicted octanol–water partition coefficient (Wildman–Crippen LogP) is 5.10. The maximum atomic E-state index is 11.9. The number of nitrogens with zero attached hydrogens (tertiary/aromatic N) is 1. The Kier molecular flexibility index (Phi) is 7.55. The molecule has 2 atom stereocenters. The zero-order valence-corrected chi connectivity index (χ0v) is 19.1. The van der Waals surface area contributed by atoms with Crippen molar-refractivity contribution in [2.75, 3.05) is 13.7 Å². The molecule has 0 bridgehead atoms. The molecule has 3 rings (SSSR count). The first kappa shape index (κ1) is 23.1. The largest absolute Gasteiger partial charge is 0.490 e. The lowest BCUT2D eigenvalue weighted by molar-refractivity contribution is -0.145. The van der Waals surface area contributed by atoms with Crippen molar-refractivity contribution in [2.24, 2.45) is 11.8 Å². The molecule has 0 amide bonds. The number of carbonyl (C=O) groups is 1. The van der Waals surface area contributed by atoms with Crippen molar-refractivity contribution in [3.63, 3.8) is 0 Å². The van der Waals surface area contributed by atoms with Crippen LogP contribution >= 0.6 is 0 Å². The molecule has 1 aliphatic rings. The van der Waals surface area contributed by atoms with Crippen LogP contribution in [0, 0.1) is 25.7 Å². The molecule has 1 aromatic carbocycles. The second-order valence-electron chi connectivity index (χ2n) is 8.54. The molecule has 31 heavy (non-hydrogen) atoms. The van der Waals surface area contributed by atoms with Gasteiger partial charge >= 0.3 is 5.97 Å². The van der Waals surface area contributed by atoms with E-state index in [1.807, 2.05) is 39.8 Å². The van der Waals surface area contributed by atoms with Crippen LogP contribution in [0.3, 0.4) is 0 Å². The van der Waals surface area contributed by atoms with Gasteiger partial charge in [0.05, 0.1) is 24.8 Å². The van der Waals surface area contributed by atoms with Gasteiger partial charge in [-0.25, -0.2) is 0 Å². The number of carbonyl (C=O) groups excluding carboxylic acids is 1. The molecule has 0 spiro atoms. The molecule has 0 aliphatic heterocycles. The Labute approximate surface area is 184 Å². The summed E-state index contributed by atoms with van der Waals surface area (Å²) in [6, 6.07) is 6.10. The molecule has 0 radical (unpaired) electrons. The summed E-state index contributed by atoms with van der Waals surface area (Å²) in [7, 11) is 1.44. The third kappa shape index (κ3) is 5.37. The van der Waals surface area contributed by atoms with Crippen molar-refractivity contribution >= 4 is 11.5 Å². The molecule has 1 aromatic heterocycles. The molecule has 0 saturated heterocycles. The minimum Gasteiger partial charge on any atom is -0.490 e. The summed E-state index contributed by atoms with van der Waals surface area (Å²) in [5.41, 5.74) is 4.81. The minimum absolute atomic E-state index is 0.0224. The van der Waals surface area contributed by atoms with E-state index in [2.05, 4.69) is 17.3 Å². The highest BCUT2D eigenvalue weighted by Crippen LogP contribution is 2.39. The Morgan fingerprint density at radius 3 is 2.71 bits per heavy atom. The monoisotopic (exact) mass is 427 g/mol. The zero-order chi connectivity index (χ0) is 22.5. The standard InChI is InChI=1S/C25H33NO5/c1-15(2)30-23-9-8-20(24-16(3)26-31-17(24)4)14-22(23)19(10-11-27)12-18-6-7-21(13-18)25(28)29-5/h8-9,12,14-15,18,21,27H,6-7,10-11,13H2,1-5H3/b19-12+/t18-,21-/m0/s1. The third-order valence-corrected chi connectivity index (χ3v) is 5.84. The van der Waals surface area contributed by atoms with E-state index in [9.17, 15) is 9.90 Å². The number of hydrogen-bond acceptors (Lipinski definition) is 6. The maximum Gasteiger partial charge on any atom is 0.308 e. The van der Waals surface area contributed by atoms with E-state index < -0.39 is 0 Å². The van der Waals surface area contributed by atoms with Gasteiger partial charge in [-0.2, -0.15) is 0 Å². The quantitative estimate of drug-likeness (QED) is 0.590. The van der Waals surface area contributed by atoms with Crippen molar-refractivity contribution in [1.82, 2.24) is 5.16 Å². The van der Waals surface area contributed by atoms with Gasteiger partial charge in [0, 0.05) is 17.7 Å². The highest BCUT2D eigenvalue weighted by atomic mass is 16.5. The average molecular weight is 428 g/mol. The molecule has 2 aromatic rings. The van der Waals surface area contributed by atoms with E-state index in [1.54, 1.807) is 0 Å². The Hall–Kier alpha value is -2.60. The summed E-state index contributed by atoms with van der Waals surface area (Å²) < 4.78 is 16.4. The number of aromatic nitrogens is 1. The molecule has 1 fully saturated rings. The smallest absolute Gasteiger partial charge is 0.308 e. The van der Waals surface area contributed by atoms with Gasteiger partial charge in [-0.1, -0.05) is 17.3 Å². The number of benzene rings is 1. The lowest BCUT2D eigenvalue weighted by atomic mass is 9.92. The zero-order valence-electron chi connectivity index (χ0n) is 19.1. The molecule has 0 unspecified atom stereocenters. The molecule has 168 valence electrons. The second-order valence-corrected chi connectivity index (χ2v) is 8.54.